The van der Waals surface area contributed by atoms with Crippen molar-refractivity contribution >= 4 is 17.9 Å². The molecule has 0 spiro atoms. The maximum atomic E-state index is 10.6. The zero-order valence-corrected chi connectivity index (χ0v) is 22.9. The summed E-state index contributed by atoms with van der Waals surface area (Å²) < 4.78 is 103. The fourth-order valence-electron chi connectivity index (χ4n) is 3.01. The third-order valence-electron chi connectivity index (χ3n) is 5.04. The van der Waals surface area contributed by atoms with Gasteiger partial charge < -0.3 is 24.6 Å². The topological polar surface area (TPSA) is 181 Å². The van der Waals surface area contributed by atoms with E-state index in [-0.39, 0.29) is 0 Å². The van der Waals surface area contributed by atoms with Gasteiger partial charge in [0, 0.05) is 57.3 Å². The van der Waals surface area contributed by atoms with Gasteiger partial charge in [0.15, 0.2) is 5.82 Å². The monoisotopic (exact) mass is 678 g/mol. The summed E-state index contributed by atoms with van der Waals surface area (Å²) in [6.45, 7) is 4.08. The van der Waals surface area contributed by atoms with E-state index in [1.54, 1.807) is 12.4 Å². The third kappa shape index (κ3) is 15.1. The van der Waals surface area contributed by atoms with Crippen molar-refractivity contribution in [1.29, 1.82) is 0 Å². The minimum atomic E-state index is -5.08. The van der Waals surface area contributed by atoms with Gasteiger partial charge in [0.1, 0.15) is 12.4 Å². The lowest BCUT2D eigenvalue weighted by atomic mass is 10.2. The molecule has 1 aliphatic rings. The average molecular weight is 678 g/mol. The number of nitrogens with zero attached hydrogens (tertiary/aromatic N) is 6. The van der Waals surface area contributed by atoms with Crippen LogP contribution >= 0.6 is 0 Å². The number of rotatable bonds is 5. The zero-order chi connectivity index (χ0) is 35.1. The number of alkyl halides is 9. The van der Waals surface area contributed by atoms with E-state index in [9.17, 15) is 39.5 Å². The Bertz CT molecular complexity index is 1330. The largest absolute Gasteiger partial charge is 0.490 e. The van der Waals surface area contributed by atoms with E-state index in [0.29, 0.717) is 12.5 Å². The fraction of sp³-hybridized carbons (Fsp3) is 0.375. The predicted octanol–water partition coefficient (Wildman–Crippen LogP) is 3.61. The first kappa shape index (κ1) is 39.0. The minimum absolute atomic E-state index is 0.382. The molecule has 3 N–H and O–H groups in total. The Balaban J connectivity index is 0.000000413. The molecule has 1 aliphatic heterocycles. The van der Waals surface area contributed by atoms with Crippen LogP contribution in [0.5, 0.6) is 5.88 Å². The van der Waals surface area contributed by atoms with Gasteiger partial charge in [-0.2, -0.15) is 39.5 Å². The second-order valence-corrected chi connectivity index (χ2v) is 8.44. The molecular formula is C24H23F9N6O7. The Labute approximate surface area is 251 Å². The van der Waals surface area contributed by atoms with Gasteiger partial charge in [0.05, 0.1) is 0 Å². The molecule has 46 heavy (non-hydrogen) atoms. The molecule has 3 aromatic heterocycles. The van der Waals surface area contributed by atoms with E-state index < -0.39 is 36.4 Å². The highest BCUT2D eigenvalue weighted by Crippen LogP contribution is 2.16. The molecule has 0 saturated carbocycles. The van der Waals surface area contributed by atoms with Crippen molar-refractivity contribution < 1.29 is 74.0 Å². The van der Waals surface area contributed by atoms with Crippen LogP contribution in [-0.2, 0) is 40.5 Å². The van der Waals surface area contributed by atoms with Crippen molar-refractivity contribution in [2.45, 2.75) is 44.6 Å². The van der Waals surface area contributed by atoms with Gasteiger partial charge >= 0.3 is 36.4 Å². The SMILES string of the molecule is O=C(O)C(F)(F)F.O=C(O)C(F)(F)F.O=C(O)C(F)(F)F.c1ccc(OCc2nnc3n2CCN(Cc2cccnc2)CC3)nc1. The number of fused-ring (bicyclic) bond motifs is 1. The highest BCUT2D eigenvalue weighted by atomic mass is 19.4. The first-order chi connectivity index (χ1) is 21.2. The van der Waals surface area contributed by atoms with Gasteiger partial charge in [-0.25, -0.2) is 19.4 Å². The van der Waals surface area contributed by atoms with Gasteiger partial charge in [-0.3, -0.25) is 9.88 Å². The van der Waals surface area contributed by atoms with Gasteiger partial charge in [0.25, 0.3) is 0 Å². The van der Waals surface area contributed by atoms with Crippen LogP contribution < -0.4 is 4.74 Å². The van der Waals surface area contributed by atoms with E-state index in [0.717, 1.165) is 44.2 Å². The third-order valence-corrected chi connectivity index (χ3v) is 5.04. The molecule has 0 bridgehead atoms. The van der Waals surface area contributed by atoms with Crippen LogP contribution in [0.15, 0.2) is 48.9 Å². The van der Waals surface area contributed by atoms with Crippen molar-refractivity contribution in [3.8, 4) is 5.88 Å². The fourth-order valence-corrected chi connectivity index (χ4v) is 3.01. The lowest BCUT2D eigenvalue weighted by Gasteiger charge is -2.19. The van der Waals surface area contributed by atoms with Crippen molar-refractivity contribution in [3.63, 3.8) is 0 Å². The molecule has 0 amide bonds. The lowest BCUT2D eigenvalue weighted by molar-refractivity contribution is -0.193. The van der Waals surface area contributed by atoms with Crippen LogP contribution in [0.3, 0.4) is 0 Å². The summed E-state index contributed by atoms with van der Waals surface area (Å²) >= 11 is 0. The second kappa shape index (κ2) is 17.5. The van der Waals surface area contributed by atoms with Crippen LogP contribution in [0.2, 0.25) is 0 Å². The number of pyridine rings is 2. The molecule has 13 nitrogen and oxygen atoms in total. The number of carboxylic acid groups (broad SMARTS) is 3. The highest BCUT2D eigenvalue weighted by Gasteiger charge is 2.39. The molecule has 3 aromatic rings. The molecule has 4 heterocycles. The summed E-state index contributed by atoms with van der Waals surface area (Å²) in [6, 6.07) is 9.71. The minimum Gasteiger partial charge on any atom is -0.475 e. The number of ether oxygens (including phenoxy) is 1. The van der Waals surface area contributed by atoms with Crippen LogP contribution in [0, 0.1) is 0 Å². The molecular weight excluding hydrogens is 655 g/mol. The number of aromatic nitrogens is 5. The Hall–Kier alpha value is -5.02. The number of aliphatic carboxylic acids is 3. The lowest BCUT2D eigenvalue weighted by Crippen LogP contribution is -2.26. The quantitative estimate of drug-likeness (QED) is 0.334. The predicted molar refractivity (Wildman–Crippen MR) is 133 cm³/mol. The molecule has 0 aliphatic carbocycles. The van der Waals surface area contributed by atoms with Crippen LogP contribution in [0.1, 0.15) is 17.2 Å². The molecule has 0 fully saturated rings. The molecule has 0 aromatic carbocycles. The summed E-state index contributed by atoms with van der Waals surface area (Å²) in [4.78, 5) is 37.5. The summed E-state index contributed by atoms with van der Waals surface area (Å²) in [5, 5.41) is 30.0. The Morgan fingerprint density at radius 3 is 1.78 bits per heavy atom. The Morgan fingerprint density at radius 1 is 0.761 bits per heavy atom. The number of carboxylic acids is 3. The molecule has 4 rings (SSSR count). The summed E-state index contributed by atoms with van der Waals surface area (Å²) in [7, 11) is 0. The van der Waals surface area contributed by atoms with E-state index in [1.165, 1.54) is 5.56 Å². The summed E-state index contributed by atoms with van der Waals surface area (Å²) in [6.07, 6.45) is -8.91. The molecule has 0 saturated heterocycles. The van der Waals surface area contributed by atoms with Crippen molar-refractivity contribution in [1.82, 2.24) is 29.6 Å². The number of hydrogen-bond donors (Lipinski definition) is 3. The highest BCUT2D eigenvalue weighted by molar-refractivity contribution is 5.73. The van der Waals surface area contributed by atoms with Crippen molar-refractivity contribution in [2.75, 3.05) is 13.1 Å². The summed E-state index contributed by atoms with van der Waals surface area (Å²) in [5.74, 6) is -5.80. The molecule has 0 atom stereocenters. The zero-order valence-electron chi connectivity index (χ0n) is 22.9. The number of carbonyl (C=O) groups is 3. The Kier molecular flexibility index (Phi) is 14.8. The molecule has 0 radical (unpaired) electrons. The van der Waals surface area contributed by atoms with E-state index in [2.05, 4.69) is 35.7 Å². The standard InChI is InChI=1S/C18H20N6O.3C2HF3O2/c1-2-8-20-18(5-1)25-14-17-22-21-16-6-9-23(10-11-24(16)17)13-15-4-3-7-19-12-15;3*3-2(4,5)1(6)7/h1-5,7-8,12H,6,9-11,13-14H2;3*(H,6,7). The van der Waals surface area contributed by atoms with Crippen LogP contribution in [0.25, 0.3) is 0 Å². The van der Waals surface area contributed by atoms with Gasteiger partial charge in [-0.15, -0.1) is 10.2 Å². The Morgan fingerprint density at radius 2 is 1.33 bits per heavy atom. The van der Waals surface area contributed by atoms with Crippen LogP contribution in [0.4, 0.5) is 39.5 Å². The van der Waals surface area contributed by atoms with Gasteiger partial charge in [0.2, 0.25) is 5.88 Å². The van der Waals surface area contributed by atoms with Gasteiger partial charge in [-0.05, 0) is 17.7 Å². The average Bonchev–Trinajstić information content (AvgIpc) is 3.24. The van der Waals surface area contributed by atoms with Crippen molar-refractivity contribution in [2.24, 2.45) is 0 Å². The molecule has 254 valence electrons. The smallest absolute Gasteiger partial charge is 0.475 e. The molecule has 22 heteroatoms. The van der Waals surface area contributed by atoms with E-state index in [4.69, 9.17) is 34.4 Å². The normalized spacial score (nSPS) is 13.2. The maximum absolute atomic E-state index is 10.6. The van der Waals surface area contributed by atoms with Crippen molar-refractivity contribution in [3.05, 3.63) is 66.1 Å². The van der Waals surface area contributed by atoms with Gasteiger partial charge in [-0.1, -0.05) is 12.1 Å². The number of halogens is 9. The molecule has 0 unspecified atom stereocenters. The van der Waals surface area contributed by atoms with E-state index >= 15 is 0 Å². The van der Waals surface area contributed by atoms with Crippen LogP contribution in [-0.4, -0.2) is 94.5 Å². The number of hydrogen-bond acceptors (Lipinski definition) is 9. The first-order valence-corrected chi connectivity index (χ1v) is 12.2. The van der Waals surface area contributed by atoms with E-state index in [1.807, 2.05) is 30.5 Å². The maximum Gasteiger partial charge on any atom is 0.490 e. The summed E-state index contributed by atoms with van der Waals surface area (Å²) in [5.41, 5.74) is 1.24. The first-order valence-electron chi connectivity index (χ1n) is 12.2. The second-order valence-electron chi connectivity index (χ2n) is 8.44.